The lowest BCUT2D eigenvalue weighted by Gasteiger charge is -2.50. The molecule has 0 amide bonds. The second-order valence-electron chi connectivity index (χ2n) is 27.7. The van der Waals surface area contributed by atoms with E-state index in [9.17, 15) is 0 Å². The van der Waals surface area contributed by atoms with Crippen LogP contribution in [0.4, 0.5) is 0 Å². The molecule has 34 rings (SSSR count). The number of esters is 2. The van der Waals surface area contributed by atoms with Crippen molar-refractivity contribution in [3.63, 3.8) is 0 Å². The van der Waals surface area contributed by atoms with Crippen LogP contribution in [0.3, 0.4) is 0 Å². The number of likely N-dealkylation sites (N-methyl/N-ethyl adjacent to an activating group) is 1. The summed E-state index contributed by atoms with van der Waals surface area (Å²) in [5.74, 6) is -0.733. The zero-order valence-electron chi connectivity index (χ0n) is 39.4. The SMILES string of the molecule is CCOC(=O)C1(C(=O)OCC)C23c4c5c6c7c8c9c%10c%11c%12c%13c%14c(c-5c2c2c5c%15c%16c%17c(c%18c4c7c4c%18c7c%17c%17c%18c%16c%16c5c(c2%14)c2c%13c5c%11c%11c%10c%10c8c4c4c7c%17c7c(c%104)c%11c4c5c2c%16c%18c47)C%1513)C%121CN(C)CC691. The second-order valence-corrected chi connectivity index (χ2v) is 27.7. The molecular weight excluding hydrogens is 919 g/mol. The molecule has 2 fully saturated rings. The monoisotopic (exact) mass is 935 g/mol. The summed E-state index contributed by atoms with van der Waals surface area (Å²) in [6, 6.07) is 0. The van der Waals surface area contributed by atoms with Crippen molar-refractivity contribution in [2.45, 2.75) is 35.5 Å². The second kappa shape index (κ2) is 6.54. The first-order valence-corrected chi connectivity index (χ1v) is 28.1. The van der Waals surface area contributed by atoms with E-state index in [1.165, 1.54) is 152 Å². The third-order valence-corrected chi connectivity index (χ3v) is 27.7. The average molecular weight is 936 g/mol. The lowest BCUT2D eigenvalue weighted by molar-refractivity contribution is -0.166. The van der Waals surface area contributed by atoms with Gasteiger partial charge >= 0.3 is 11.9 Å². The predicted molar refractivity (Wildman–Crippen MR) is 299 cm³/mol. The van der Waals surface area contributed by atoms with Gasteiger partial charge in [-0.25, -0.2) is 0 Å². The number of carbonyl (C=O) groups excluding carboxylic acids is 2. The fraction of sp³-hybridized carbons (Fsp3) is 0.171. The molecule has 75 heavy (non-hydrogen) atoms. The van der Waals surface area contributed by atoms with Crippen molar-refractivity contribution < 1.29 is 19.1 Å². The van der Waals surface area contributed by atoms with Gasteiger partial charge in [0.25, 0.3) is 0 Å². The van der Waals surface area contributed by atoms with E-state index in [2.05, 4.69) is 11.9 Å². The van der Waals surface area contributed by atoms with Crippen LogP contribution in [0.5, 0.6) is 0 Å². The van der Waals surface area contributed by atoms with E-state index < -0.39 is 16.2 Å². The van der Waals surface area contributed by atoms with Crippen LogP contribution in [0.1, 0.15) is 58.4 Å². The molecule has 1 heterocycles. The van der Waals surface area contributed by atoms with Gasteiger partial charge in [-0.15, -0.1) is 0 Å². The normalized spacial score (nSPS) is 27.5. The van der Waals surface area contributed by atoms with Crippen molar-refractivity contribution in [3.8, 4) is 11.1 Å². The Bertz CT molecular complexity index is 7030. The van der Waals surface area contributed by atoms with E-state index in [4.69, 9.17) is 9.47 Å². The Hall–Kier alpha value is -8.38. The average Bonchev–Trinajstić information content (AvgIpc) is 1.61. The van der Waals surface area contributed by atoms with E-state index >= 15 is 9.59 Å². The van der Waals surface area contributed by atoms with Gasteiger partial charge in [-0.3, -0.25) is 9.59 Å². The van der Waals surface area contributed by atoms with E-state index in [1.54, 1.807) is 152 Å². The number of benzene rings is 16. The van der Waals surface area contributed by atoms with Crippen LogP contribution in [0, 0.1) is 5.41 Å². The highest BCUT2D eigenvalue weighted by atomic mass is 16.6. The fourth-order valence-corrected chi connectivity index (χ4v) is 28.2. The van der Waals surface area contributed by atoms with Gasteiger partial charge in [0, 0.05) is 13.1 Å². The minimum atomic E-state index is -1.66. The highest BCUT2D eigenvalue weighted by molar-refractivity contribution is 6.79. The zero-order chi connectivity index (χ0) is 45.8. The molecule has 10 aliphatic rings. The summed E-state index contributed by atoms with van der Waals surface area (Å²) in [6.07, 6.45) is 0. The van der Waals surface area contributed by atoms with Crippen molar-refractivity contribution in [3.05, 3.63) is 44.5 Å². The Morgan fingerprint density at radius 2 is 0.507 bits per heavy atom. The topological polar surface area (TPSA) is 55.8 Å². The fourth-order valence-electron chi connectivity index (χ4n) is 28.2. The molecular formula is C70H17NO4. The van der Waals surface area contributed by atoms with Gasteiger partial charge in [-0.05, 0) is 324 Å². The first kappa shape index (κ1) is 29.5. The molecule has 24 aromatic carbocycles. The standard InChI is InChI=1S/C70H17NO4/c1-4-74-64(72)70(65(73)75-5-2)68-60-48-36-21-12-8-9-11-16-10(8)17-14-19(12)28(36)38-30-23(14)32-25(17)34-27(16)35-26-18(11)15-20-13(9)22(21)37-29(20)39-31-24(15)33(26)45-47-41(31)53(51(39)61(68)49(37)48)63-55-54-58-46(40(30)52(50(38)60)62(54)69(63,68)70)44(32)56-42(34)43(35)57(45)67(59(47)55)7-71(3)6-66(56,58)67/h4-7H2,1-3H3. The Morgan fingerprint density at radius 1 is 0.307 bits per heavy atom. The van der Waals surface area contributed by atoms with Crippen LogP contribution in [-0.4, -0.2) is 50.2 Å². The Kier molecular flexibility index (Phi) is 2.57. The van der Waals surface area contributed by atoms with Gasteiger partial charge in [0.05, 0.1) is 34.9 Å². The molecule has 24 aromatic rings. The molecule has 0 radical (unpaired) electrons. The molecule has 5 nitrogen and oxygen atoms in total. The summed E-state index contributed by atoms with van der Waals surface area (Å²) in [7, 11) is 2.46. The number of ether oxygens (including phenoxy) is 2. The predicted octanol–water partition coefficient (Wildman–Crippen LogP) is 14.9. The number of hydrogen-bond donors (Lipinski definition) is 0. The quantitative estimate of drug-likeness (QED) is 0.1000. The first-order chi connectivity index (χ1) is 37.0. The molecule has 0 bridgehead atoms. The maximum Gasteiger partial charge on any atom is 0.326 e. The zero-order valence-corrected chi connectivity index (χ0v) is 39.4. The molecule has 2 atom stereocenters. The minimum Gasteiger partial charge on any atom is -0.465 e. The van der Waals surface area contributed by atoms with Crippen LogP contribution in [0.25, 0.3) is 259 Å². The van der Waals surface area contributed by atoms with E-state index in [0.717, 1.165) is 13.1 Å². The van der Waals surface area contributed by atoms with Crippen LogP contribution >= 0.6 is 0 Å². The van der Waals surface area contributed by atoms with E-state index in [1.807, 2.05) is 13.8 Å². The molecule has 1 saturated heterocycles. The van der Waals surface area contributed by atoms with Crippen LogP contribution in [-0.2, 0) is 40.7 Å². The molecule has 1 saturated carbocycles. The maximum atomic E-state index is 16.8. The third-order valence-electron chi connectivity index (χ3n) is 27.7. The van der Waals surface area contributed by atoms with Crippen LogP contribution in [0.15, 0.2) is 0 Å². The van der Waals surface area contributed by atoms with Crippen molar-refractivity contribution in [1.82, 2.24) is 4.90 Å². The Morgan fingerprint density at radius 3 is 0.773 bits per heavy atom. The summed E-state index contributed by atoms with van der Waals surface area (Å²) in [5.41, 5.74) is 10.1. The molecule has 9 aliphatic carbocycles. The first-order valence-electron chi connectivity index (χ1n) is 28.1. The molecule has 4 spiro atoms. The lowest BCUT2D eigenvalue weighted by atomic mass is 9.49. The van der Waals surface area contributed by atoms with Crippen molar-refractivity contribution >= 4 is 260 Å². The molecule has 5 heteroatoms. The summed E-state index contributed by atoms with van der Waals surface area (Å²) in [6.45, 7) is 6.22. The summed E-state index contributed by atoms with van der Waals surface area (Å²) >= 11 is 0. The number of carbonyl (C=O) groups is 2. The number of hydrogen-bond acceptors (Lipinski definition) is 5. The van der Waals surface area contributed by atoms with Gasteiger partial charge in [-0.2, -0.15) is 0 Å². The van der Waals surface area contributed by atoms with Crippen LogP contribution < -0.4 is 0 Å². The van der Waals surface area contributed by atoms with Crippen molar-refractivity contribution in [2.24, 2.45) is 5.41 Å². The minimum absolute atomic E-state index is 0.202. The number of rotatable bonds is 4. The maximum absolute atomic E-state index is 16.8. The van der Waals surface area contributed by atoms with E-state index in [-0.39, 0.29) is 36.0 Å². The van der Waals surface area contributed by atoms with Gasteiger partial charge < -0.3 is 14.4 Å². The van der Waals surface area contributed by atoms with Gasteiger partial charge in [0.1, 0.15) is 0 Å². The van der Waals surface area contributed by atoms with Gasteiger partial charge in [-0.1, -0.05) is 0 Å². The smallest absolute Gasteiger partial charge is 0.326 e. The Labute approximate surface area is 411 Å². The van der Waals surface area contributed by atoms with Gasteiger partial charge in [0.15, 0.2) is 5.41 Å². The van der Waals surface area contributed by atoms with Crippen molar-refractivity contribution in [2.75, 3.05) is 33.4 Å². The molecule has 2 unspecified atom stereocenters. The molecule has 0 N–H and O–H groups in total. The van der Waals surface area contributed by atoms with Crippen LogP contribution in [0.2, 0.25) is 0 Å². The lowest BCUT2D eigenvalue weighted by Crippen LogP contribution is -2.51. The highest BCUT2D eigenvalue weighted by Crippen LogP contribution is 2.98. The van der Waals surface area contributed by atoms with Crippen molar-refractivity contribution in [1.29, 1.82) is 0 Å². The summed E-state index contributed by atoms with van der Waals surface area (Å²) in [4.78, 5) is 36.5. The third kappa shape index (κ3) is 1.49. The molecule has 1 aliphatic heterocycles. The Balaban J connectivity index is 1.14. The number of nitrogens with zero attached hydrogens (tertiary/aromatic N) is 1. The largest absolute Gasteiger partial charge is 0.465 e. The van der Waals surface area contributed by atoms with E-state index in [0.29, 0.717) is 0 Å². The molecule has 0 aromatic heterocycles. The number of likely N-dealkylation sites (tertiary alicyclic amines) is 1. The highest BCUT2D eigenvalue weighted by Gasteiger charge is 3.02. The summed E-state index contributed by atoms with van der Waals surface area (Å²) < 4.78 is 13.4. The molecule has 326 valence electrons. The summed E-state index contributed by atoms with van der Waals surface area (Å²) in [5, 5.41) is 70.0. The van der Waals surface area contributed by atoms with Gasteiger partial charge in [0.2, 0.25) is 0 Å².